The minimum atomic E-state index is -3.54. The van der Waals surface area contributed by atoms with Crippen molar-refractivity contribution in [3.05, 3.63) is 80.2 Å². The molecule has 3 aromatic rings. The maximum absolute atomic E-state index is 13.8. The minimum Gasteiger partial charge on any atom is -0.292 e. The summed E-state index contributed by atoms with van der Waals surface area (Å²) in [4.78, 5) is 18.5. The Hall–Kier alpha value is -2.63. The molecule has 0 radical (unpaired) electrons. The van der Waals surface area contributed by atoms with Crippen LogP contribution in [0.2, 0.25) is 0 Å². The number of benzene rings is 1. The van der Waals surface area contributed by atoms with Crippen molar-refractivity contribution in [2.75, 3.05) is 32.7 Å². The zero-order valence-electron chi connectivity index (χ0n) is 21.9. The van der Waals surface area contributed by atoms with E-state index in [0.29, 0.717) is 31.1 Å². The van der Waals surface area contributed by atoms with E-state index in [9.17, 15) is 13.2 Å². The fraction of sp³-hybridized carbons (Fsp3) is 0.379. The number of hydrogen-bond acceptors (Lipinski definition) is 7. The highest BCUT2D eigenvalue weighted by Gasteiger charge is 2.44. The molecular weight excluding hydrogens is 549 g/mol. The number of piperazine rings is 1. The molecular formula is C29H32N4O3S3. The van der Waals surface area contributed by atoms with Crippen LogP contribution in [-0.2, 0) is 14.8 Å². The second-order valence-corrected chi connectivity index (χ2v) is 14.3. The Morgan fingerprint density at radius 2 is 1.77 bits per heavy atom. The van der Waals surface area contributed by atoms with Crippen LogP contribution >= 0.6 is 22.7 Å². The molecule has 10 heteroatoms. The highest BCUT2D eigenvalue weighted by molar-refractivity contribution is 7.89. The molecule has 6 rings (SSSR count). The number of sulfonamides is 1. The maximum Gasteiger partial charge on any atom is 0.257 e. The SMILES string of the molecule is Cc1ccc(S(=O)(=O)N2CCN(CC(=O)N3N=C4/C(=C\c5cccs5)CCC[C@@H]4[C@@H]3c3cccs3)CC2)cc1. The van der Waals surface area contributed by atoms with Crippen LogP contribution in [0.15, 0.2) is 74.9 Å². The molecule has 0 N–H and O–H groups in total. The lowest BCUT2D eigenvalue weighted by Crippen LogP contribution is -2.51. The zero-order chi connectivity index (χ0) is 27.0. The Morgan fingerprint density at radius 3 is 2.46 bits per heavy atom. The molecule has 4 heterocycles. The van der Waals surface area contributed by atoms with E-state index in [1.54, 1.807) is 39.8 Å². The van der Waals surface area contributed by atoms with Crippen LogP contribution in [-0.4, -0.2) is 67.0 Å². The molecule has 2 fully saturated rings. The van der Waals surface area contributed by atoms with Gasteiger partial charge in [0.05, 0.1) is 23.2 Å². The molecule has 1 aliphatic carbocycles. The maximum atomic E-state index is 13.8. The summed E-state index contributed by atoms with van der Waals surface area (Å²) in [5.74, 6) is 0.171. The fourth-order valence-electron chi connectivity index (χ4n) is 5.74. The molecule has 2 aliphatic heterocycles. The quantitative estimate of drug-likeness (QED) is 0.399. The summed E-state index contributed by atoms with van der Waals surface area (Å²) >= 11 is 3.40. The number of nitrogens with zero attached hydrogens (tertiary/aromatic N) is 4. The third-order valence-corrected chi connectivity index (χ3v) is 11.5. The third-order valence-electron chi connectivity index (χ3n) is 7.80. The van der Waals surface area contributed by atoms with Gasteiger partial charge in [0.1, 0.15) is 0 Å². The Morgan fingerprint density at radius 1 is 1.03 bits per heavy atom. The van der Waals surface area contributed by atoms with Crippen molar-refractivity contribution in [3.8, 4) is 0 Å². The molecule has 204 valence electrons. The molecule has 0 spiro atoms. The number of fused-ring (bicyclic) bond motifs is 1. The number of hydrogen-bond donors (Lipinski definition) is 0. The van der Waals surface area contributed by atoms with E-state index in [2.05, 4.69) is 39.9 Å². The van der Waals surface area contributed by atoms with Gasteiger partial charge in [0.25, 0.3) is 5.91 Å². The van der Waals surface area contributed by atoms with Crippen molar-refractivity contribution in [3.63, 3.8) is 0 Å². The van der Waals surface area contributed by atoms with Gasteiger partial charge in [-0.3, -0.25) is 9.69 Å². The number of allylic oxidation sites excluding steroid dienone is 1. The lowest BCUT2D eigenvalue weighted by atomic mass is 9.79. The van der Waals surface area contributed by atoms with E-state index in [0.717, 1.165) is 30.5 Å². The van der Waals surface area contributed by atoms with Crippen molar-refractivity contribution in [1.82, 2.24) is 14.2 Å². The van der Waals surface area contributed by atoms with Gasteiger partial charge in [-0.1, -0.05) is 29.8 Å². The first-order valence-corrected chi connectivity index (χ1v) is 16.6. The molecule has 2 aromatic heterocycles. The Kier molecular flexibility index (Phi) is 7.56. The zero-order valence-corrected chi connectivity index (χ0v) is 24.4. The predicted molar refractivity (Wildman–Crippen MR) is 157 cm³/mol. The molecule has 2 atom stereocenters. The van der Waals surface area contributed by atoms with E-state index < -0.39 is 10.0 Å². The van der Waals surface area contributed by atoms with E-state index in [1.165, 1.54) is 19.6 Å². The van der Waals surface area contributed by atoms with Crippen LogP contribution in [0.5, 0.6) is 0 Å². The topological polar surface area (TPSA) is 73.3 Å². The molecule has 1 saturated carbocycles. The number of amides is 1. The molecule has 7 nitrogen and oxygen atoms in total. The van der Waals surface area contributed by atoms with E-state index in [-0.39, 0.29) is 24.4 Å². The van der Waals surface area contributed by atoms with Gasteiger partial charge in [-0.15, -0.1) is 22.7 Å². The normalized spacial score (nSPS) is 23.7. The smallest absolute Gasteiger partial charge is 0.257 e. The molecule has 1 saturated heterocycles. The van der Waals surface area contributed by atoms with E-state index in [1.807, 2.05) is 25.1 Å². The number of carbonyl (C=O) groups is 1. The van der Waals surface area contributed by atoms with Gasteiger partial charge < -0.3 is 0 Å². The Balaban J connectivity index is 1.17. The molecule has 0 unspecified atom stereocenters. The number of aryl methyl sites for hydroxylation is 1. The van der Waals surface area contributed by atoms with Gasteiger partial charge >= 0.3 is 0 Å². The van der Waals surface area contributed by atoms with Crippen molar-refractivity contribution >= 4 is 50.4 Å². The molecule has 3 aliphatic rings. The summed E-state index contributed by atoms with van der Waals surface area (Å²) in [6, 6.07) is 15.2. The summed E-state index contributed by atoms with van der Waals surface area (Å²) in [5, 5.41) is 10.9. The number of carbonyl (C=O) groups excluding carboxylic acids is 1. The first-order chi connectivity index (χ1) is 18.9. The highest BCUT2D eigenvalue weighted by Crippen LogP contribution is 2.45. The largest absolute Gasteiger partial charge is 0.292 e. The van der Waals surface area contributed by atoms with Crippen molar-refractivity contribution in [1.29, 1.82) is 0 Å². The summed E-state index contributed by atoms with van der Waals surface area (Å²) in [6.45, 7) is 3.92. The van der Waals surface area contributed by atoms with Gasteiger partial charge in [0.15, 0.2) is 0 Å². The Bertz CT molecular complexity index is 1470. The van der Waals surface area contributed by atoms with Gasteiger partial charge in [-0.2, -0.15) is 9.41 Å². The standard InChI is InChI=1S/C29H32N4O3S3/c1-21-9-11-24(12-10-21)39(35,36)32-15-13-31(14-16-32)20-27(34)33-29(26-8-4-18-38-26)25-7-2-5-22(28(25)30-33)19-23-6-3-17-37-23/h3-4,6,8-12,17-19,25,29H,2,5,7,13-16,20H2,1H3/b22-19-/t25-,29+/m0/s1. The van der Waals surface area contributed by atoms with Gasteiger partial charge in [0.2, 0.25) is 10.0 Å². The molecule has 1 amide bonds. The monoisotopic (exact) mass is 580 g/mol. The fourth-order valence-corrected chi connectivity index (χ4v) is 8.72. The van der Waals surface area contributed by atoms with Crippen LogP contribution in [0.4, 0.5) is 0 Å². The number of hydrazone groups is 1. The van der Waals surface area contributed by atoms with Gasteiger partial charge in [-0.25, -0.2) is 13.4 Å². The molecule has 0 bridgehead atoms. The average molecular weight is 581 g/mol. The first-order valence-electron chi connectivity index (χ1n) is 13.4. The van der Waals surface area contributed by atoms with Crippen molar-refractivity contribution in [2.45, 2.75) is 37.1 Å². The van der Waals surface area contributed by atoms with Crippen LogP contribution in [0.3, 0.4) is 0 Å². The van der Waals surface area contributed by atoms with E-state index in [4.69, 9.17) is 5.10 Å². The van der Waals surface area contributed by atoms with Gasteiger partial charge in [-0.05, 0) is 72.9 Å². The third kappa shape index (κ3) is 5.40. The number of thiophene rings is 2. The summed E-state index contributed by atoms with van der Waals surface area (Å²) < 4.78 is 27.7. The predicted octanol–water partition coefficient (Wildman–Crippen LogP) is 5.25. The summed E-state index contributed by atoms with van der Waals surface area (Å²) in [6.07, 6.45) is 5.32. The van der Waals surface area contributed by atoms with Crippen LogP contribution in [0.25, 0.3) is 6.08 Å². The van der Waals surface area contributed by atoms with Crippen LogP contribution < -0.4 is 0 Å². The van der Waals surface area contributed by atoms with Gasteiger partial charge in [0, 0.05) is 41.9 Å². The first kappa shape index (κ1) is 26.6. The average Bonchev–Trinajstić information content (AvgIpc) is 3.71. The lowest BCUT2D eigenvalue weighted by Gasteiger charge is -2.35. The number of rotatable bonds is 6. The summed E-state index contributed by atoms with van der Waals surface area (Å²) in [5.41, 5.74) is 3.31. The van der Waals surface area contributed by atoms with Crippen molar-refractivity contribution in [2.24, 2.45) is 11.0 Å². The molecule has 39 heavy (non-hydrogen) atoms. The second kappa shape index (κ2) is 11.1. The van der Waals surface area contributed by atoms with Crippen LogP contribution in [0, 0.1) is 12.8 Å². The Labute approximate surface area is 238 Å². The minimum absolute atomic E-state index is 0.0272. The van der Waals surface area contributed by atoms with Crippen molar-refractivity contribution < 1.29 is 13.2 Å². The van der Waals surface area contributed by atoms with E-state index >= 15 is 0 Å². The van der Waals surface area contributed by atoms with Crippen LogP contribution in [0.1, 0.15) is 40.6 Å². The molecule has 1 aromatic carbocycles. The lowest BCUT2D eigenvalue weighted by molar-refractivity contribution is -0.135. The second-order valence-electron chi connectivity index (χ2n) is 10.4. The highest BCUT2D eigenvalue weighted by atomic mass is 32.2. The summed E-state index contributed by atoms with van der Waals surface area (Å²) in [7, 11) is -3.54.